The van der Waals surface area contributed by atoms with Gasteiger partial charge in [-0.3, -0.25) is 0 Å². The molecule has 2 rings (SSSR count). The Morgan fingerprint density at radius 2 is 2.10 bits per heavy atom. The number of hydrogen-bond donors (Lipinski definition) is 2. The Labute approximate surface area is 119 Å². The average Bonchev–Trinajstić information content (AvgIpc) is 2.60. The van der Waals surface area contributed by atoms with E-state index in [2.05, 4.69) is 5.32 Å². The SMILES string of the molecule is COc1ccccc1NC(=O)N1CCCC(C)(O)CC1. The number of para-hydroxylation sites is 2. The lowest BCUT2D eigenvalue weighted by Gasteiger charge is -2.23. The number of likely N-dealkylation sites (tertiary alicyclic amines) is 1. The molecule has 5 nitrogen and oxygen atoms in total. The summed E-state index contributed by atoms with van der Waals surface area (Å²) in [6.07, 6.45) is 2.14. The van der Waals surface area contributed by atoms with E-state index >= 15 is 0 Å². The molecule has 20 heavy (non-hydrogen) atoms. The number of benzene rings is 1. The van der Waals surface area contributed by atoms with Gasteiger partial charge in [0.05, 0.1) is 18.4 Å². The van der Waals surface area contributed by atoms with Gasteiger partial charge in [0, 0.05) is 13.1 Å². The minimum absolute atomic E-state index is 0.146. The van der Waals surface area contributed by atoms with Crippen LogP contribution in [0.15, 0.2) is 24.3 Å². The first-order chi connectivity index (χ1) is 9.52. The molecule has 1 fully saturated rings. The minimum atomic E-state index is -0.667. The number of carbonyl (C=O) groups is 1. The van der Waals surface area contributed by atoms with Crippen molar-refractivity contribution in [1.29, 1.82) is 0 Å². The van der Waals surface area contributed by atoms with E-state index in [0.29, 0.717) is 30.9 Å². The van der Waals surface area contributed by atoms with Crippen LogP contribution >= 0.6 is 0 Å². The van der Waals surface area contributed by atoms with Gasteiger partial charge in [0.1, 0.15) is 5.75 Å². The largest absolute Gasteiger partial charge is 0.495 e. The van der Waals surface area contributed by atoms with Crippen molar-refractivity contribution >= 4 is 11.7 Å². The summed E-state index contributed by atoms with van der Waals surface area (Å²) in [7, 11) is 1.58. The van der Waals surface area contributed by atoms with Crippen molar-refractivity contribution in [1.82, 2.24) is 4.90 Å². The van der Waals surface area contributed by atoms with E-state index in [-0.39, 0.29) is 6.03 Å². The van der Waals surface area contributed by atoms with E-state index in [1.807, 2.05) is 31.2 Å². The lowest BCUT2D eigenvalue weighted by molar-refractivity contribution is 0.0458. The Hall–Kier alpha value is -1.75. The summed E-state index contributed by atoms with van der Waals surface area (Å²) in [4.78, 5) is 14.0. The van der Waals surface area contributed by atoms with Crippen molar-refractivity contribution in [2.75, 3.05) is 25.5 Å². The van der Waals surface area contributed by atoms with Crippen molar-refractivity contribution in [2.24, 2.45) is 0 Å². The van der Waals surface area contributed by atoms with Crippen molar-refractivity contribution in [3.8, 4) is 5.75 Å². The molecule has 1 heterocycles. The maximum absolute atomic E-state index is 12.3. The van der Waals surface area contributed by atoms with Gasteiger partial charge < -0.3 is 20.1 Å². The van der Waals surface area contributed by atoms with Crippen LogP contribution in [0.3, 0.4) is 0 Å². The molecule has 1 unspecified atom stereocenters. The highest BCUT2D eigenvalue weighted by Gasteiger charge is 2.27. The van der Waals surface area contributed by atoms with Crippen molar-refractivity contribution in [2.45, 2.75) is 31.8 Å². The van der Waals surface area contributed by atoms with Gasteiger partial charge in [0.2, 0.25) is 0 Å². The quantitative estimate of drug-likeness (QED) is 0.873. The Kier molecular flexibility index (Phi) is 4.49. The number of urea groups is 1. The molecule has 1 aliphatic heterocycles. The van der Waals surface area contributed by atoms with Gasteiger partial charge >= 0.3 is 6.03 Å². The van der Waals surface area contributed by atoms with Gasteiger partial charge in [-0.25, -0.2) is 4.79 Å². The molecule has 0 bridgehead atoms. The summed E-state index contributed by atoms with van der Waals surface area (Å²) >= 11 is 0. The van der Waals surface area contributed by atoms with E-state index in [4.69, 9.17) is 4.74 Å². The number of hydrogen-bond acceptors (Lipinski definition) is 3. The van der Waals surface area contributed by atoms with Crippen LogP contribution in [-0.4, -0.2) is 41.8 Å². The normalized spacial score (nSPS) is 23.1. The predicted octanol–water partition coefficient (Wildman–Crippen LogP) is 2.46. The fraction of sp³-hybridized carbons (Fsp3) is 0.533. The molecule has 1 aromatic rings. The van der Waals surface area contributed by atoms with Gasteiger partial charge in [-0.15, -0.1) is 0 Å². The van der Waals surface area contributed by atoms with Crippen LogP contribution in [0.4, 0.5) is 10.5 Å². The number of rotatable bonds is 2. The highest BCUT2D eigenvalue weighted by molar-refractivity contribution is 5.91. The first-order valence-corrected chi connectivity index (χ1v) is 6.93. The predicted molar refractivity (Wildman–Crippen MR) is 78.1 cm³/mol. The standard InChI is InChI=1S/C15H22N2O3/c1-15(19)8-5-10-17(11-9-15)14(18)16-12-6-3-4-7-13(12)20-2/h3-4,6-7,19H,5,8-11H2,1-2H3,(H,16,18). The third-order valence-corrected chi connectivity index (χ3v) is 3.70. The summed E-state index contributed by atoms with van der Waals surface area (Å²) in [5, 5.41) is 12.9. The molecule has 0 aliphatic carbocycles. The summed E-state index contributed by atoms with van der Waals surface area (Å²) in [6, 6.07) is 7.18. The molecule has 1 aliphatic rings. The number of carbonyl (C=O) groups excluding carboxylic acids is 1. The number of anilines is 1. The Morgan fingerprint density at radius 1 is 1.35 bits per heavy atom. The second-order valence-corrected chi connectivity index (χ2v) is 5.47. The zero-order valence-corrected chi connectivity index (χ0v) is 12.1. The van der Waals surface area contributed by atoms with Crippen LogP contribution < -0.4 is 10.1 Å². The van der Waals surface area contributed by atoms with Gasteiger partial charge in [0.15, 0.2) is 0 Å². The molecule has 0 spiro atoms. The summed E-state index contributed by atoms with van der Waals surface area (Å²) in [6.45, 7) is 3.06. The minimum Gasteiger partial charge on any atom is -0.495 e. The van der Waals surface area contributed by atoms with E-state index in [0.717, 1.165) is 12.8 Å². The second-order valence-electron chi connectivity index (χ2n) is 5.47. The summed E-state index contributed by atoms with van der Waals surface area (Å²) in [5.74, 6) is 0.641. The van der Waals surface area contributed by atoms with Gasteiger partial charge in [-0.05, 0) is 38.3 Å². The third kappa shape index (κ3) is 3.63. The smallest absolute Gasteiger partial charge is 0.321 e. The van der Waals surface area contributed by atoms with Gasteiger partial charge in [-0.1, -0.05) is 12.1 Å². The number of nitrogens with one attached hydrogen (secondary N) is 1. The fourth-order valence-electron chi connectivity index (χ4n) is 2.41. The van der Waals surface area contributed by atoms with Crippen LogP contribution in [0.25, 0.3) is 0 Å². The molecular formula is C15H22N2O3. The maximum atomic E-state index is 12.3. The number of aliphatic hydroxyl groups is 1. The molecule has 0 radical (unpaired) electrons. The molecule has 5 heteroatoms. The monoisotopic (exact) mass is 278 g/mol. The summed E-state index contributed by atoms with van der Waals surface area (Å²) < 4.78 is 5.22. The van der Waals surface area contributed by atoms with Crippen LogP contribution in [0.2, 0.25) is 0 Å². The molecule has 1 aromatic carbocycles. The molecule has 0 saturated carbocycles. The lowest BCUT2D eigenvalue weighted by atomic mass is 9.98. The first-order valence-electron chi connectivity index (χ1n) is 6.93. The van der Waals surface area contributed by atoms with Gasteiger partial charge in [-0.2, -0.15) is 0 Å². The lowest BCUT2D eigenvalue weighted by Crippen LogP contribution is -2.36. The number of ether oxygens (including phenoxy) is 1. The highest BCUT2D eigenvalue weighted by atomic mass is 16.5. The number of nitrogens with zero attached hydrogens (tertiary/aromatic N) is 1. The highest BCUT2D eigenvalue weighted by Crippen LogP contribution is 2.25. The summed E-state index contributed by atoms with van der Waals surface area (Å²) in [5.41, 5.74) is -0.00423. The molecule has 110 valence electrons. The Balaban J connectivity index is 2.01. The van der Waals surface area contributed by atoms with Crippen LogP contribution in [0.5, 0.6) is 5.75 Å². The Morgan fingerprint density at radius 3 is 2.85 bits per heavy atom. The third-order valence-electron chi connectivity index (χ3n) is 3.70. The molecule has 1 atom stereocenters. The van der Waals surface area contributed by atoms with Crippen molar-refractivity contribution in [3.63, 3.8) is 0 Å². The molecule has 0 aromatic heterocycles. The Bertz CT molecular complexity index is 474. The molecule has 1 saturated heterocycles. The van der Waals surface area contributed by atoms with Crippen LogP contribution in [-0.2, 0) is 0 Å². The average molecular weight is 278 g/mol. The van der Waals surface area contributed by atoms with E-state index < -0.39 is 5.60 Å². The molecular weight excluding hydrogens is 256 g/mol. The van der Waals surface area contributed by atoms with Gasteiger partial charge in [0.25, 0.3) is 0 Å². The first kappa shape index (κ1) is 14.7. The number of amides is 2. The van der Waals surface area contributed by atoms with Crippen LogP contribution in [0, 0.1) is 0 Å². The van der Waals surface area contributed by atoms with Crippen molar-refractivity contribution in [3.05, 3.63) is 24.3 Å². The maximum Gasteiger partial charge on any atom is 0.321 e. The fourth-order valence-corrected chi connectivity index (χ4v) is 2.41. The molecule has 2 N–H and O–H groups in total. The zero-order chi connectivity index (χ0) is 14.6. The van der Waals surface area contributed by atoms with E-state index in [9.17, 15) is 9.90 Å². The van der Waals surface area contributed by atoms with E-state index in [1.54, 1.807) is 12.0 Å². The van der Waals surface area contributed by atoms with Crippen LogP contribution in [0.1, 0.15) is 26.2 Å². The van der Waals surface area contributed by atoms with Crippen molar-refractivity contribution < 1.29 is 14.6 Å². The van der Waals surface area contributed by atoms with E-state index in [1.165, 1.54) is 0 Å². The number of methoxy groups -OCH3 is 1. The molecule has 2 amide bonds. The zero-order valence-electron chi connectivity index (χ0n) is 12.1. The second kappa shape index (κ2) is 6.13. The topological polar surface area (TPSA) is 61.8 Å².